The van der Waals surface area contributed by atoms with E-state index in [9.17, 15) is 4.79 Å². The number of carboxylic acids is 1. The maximum Gasteiger partial charge on any atom is 0.335 e. The molecule has 98 valence electrons. The van der Waals surface area contributed by atoms with Crippen LogP contribution in [-0.2, 0) is 0 Å². The molecule has 1 saturated heterocycles. The first-order valence-corrected chi connectivity index (χ1v) is 6.10. The molecule has 0 saturated carbocycles. The van der Waals surface area contributed by atoms with Gasteiger partial charge in [-0.3, -0.25) is 0 Å². The summed E-state index contributed by atoms with van der Waals surface area (Å²) in [5.74, 6) is -0.591. The van der Waals surface area contributed by atoms with E-state index in [1.54, 1.807) is 12.1 Å². The van der Waals surface area contributed by atoms with Gasteiger partial charge in [-0.15, -0.1) is 0 Å². The molecule has 5 heteroatoms. The maximum absolute atomic E-state index is 11.0. The lowest BCUT2D eigenvalue weighted by Crippen LogP contribution is -2.35. The van der Waals surface area contributed by atoms with Crippen LogP contribution in [-0.4, -0.2) is 35.9 Å². The van der Waals surface area contributed by atoms with Gasteiger partial charge in [-0.2, -0.15) is 0 Å². The first-order valence-electron chi connectivity index (χ1n) is 6.10. The number of hydrogen-bond donors (Lipinski definition) is 3. The van der Waals surface area contributed by atoms with Crippen LogP contribution in [0.5, 0.6) is 0 Å². The highest BCUT2D eigenvalue weighted by Crippen LogP contribution is 2.29. The molecule has 0 bridgehead atoms. The molecule has 1 aromatic rings. The summed E-state index contributed by atoms with van der Waals surface area (Å²) in [5.41, 5.74) is 7.54. The van der Waals surface area contributed by atoms with E-state index in [4.69, 9.17) is 15.9 Å². The molecule has 0 unspecified atom stereocenters. The van der Waals surface area contributed by atoms with Crippen molar-refractivity contribution in [2.75, 3.05) is 30.3 Å². The molecule has 0 aromatic heterocycles. The van der Waals surface area contributed by atoms with Crippen LogP contribution in [0.1, 0.15) is 23.2 Å². The quantitative estimate of drug-likeness (QED) is 0.701. The summed E-state index contributed by atoms with van der Waals surface area (Å²) in [7, 11) is 0. The molecule has 1 aliphatic rings. The number of aliphatic hydroxyl groups excluding tert-OH is 1. The largest absolute Gasteiger partial charge is 0.478 e. The summed E-state index contributed by atoms with van der Waals surface area (Å²) < 4.78 is 0. The number of hydrogen-bond acceptors (Lipinski definition) is 4. The van der Waals surface area contributed by atoms with Crippen molar-refractivity contribution in [3.63, 3.8) is 0 Å². The molecule has 4 N–H and O–H groups in total. The first-order chi connectivity index (χ1) is 8.61. The summed E-state index contributed by atoms with van der Waals surface area (Å²) in [6.45, 7) is 1.83. The second kappa shape index (κ2) is 5.27. The Balaban J connectivity index is 2.18. The van der Waals surface area contributed by atoms with Crippen molar-refractivity contribution in [3.05, 3.63) is 23.8 Å². The number of carboxylic acid groups (broad SMARTS) is 1. The van der Waals surface area contributed by atoms with Gasteiger partial charge in [-0.25, -0.2) is 4.79 Å². The van der Waals surface area contributed by atoms with Crippen LogP contribution in [0, 0.1) is 5.92 Å². The second-order valence-corrected chi connectivity index (χ2v) is 4.69. The van der Waals surface area contributed by atoms with E-state index < -0.39 is 5.97 Å². The Hall–Kier alpha value is -1.75. The van der Waals surface area contributed by atoms with Crippen molar-refractivity contribution in [1.82, 2.24) is 0 Å². The fourth-order valence-electron chi connectivity index (χ4n) is 2.31. The van der Waals surface area contributed by atoms with Gasteiger partial charge in [-0.05, 0) is 37.0 Å². The summed E-state index contributed by atoms with van der Waals surface area (Å²) in [5, 5.41) is 18.1. The number of anilines is 2. The monoisotopic (exact) mass is 250 g/mol. The van der Waals surface area contributed by atoms with Gasteiger partial charge in [0.2, 0.25) is 0 Å². The zero-order valence-electron chi connectivity index (χ0n) is 10.2. The van der Waals surface area contributed by atoms with Gasteiger partial charge in [-0.1, -0.05) is 0 Å². The van der Waals surface area contributed by atoms with Crippen LogP contribution in [0.4, 0.5) is 11.4 Å². The third kappa shape index (κ3) is 2.56. The molecular weight excluding hydrogens is 232 g/mol. The maximum atomic E-state index is 11.0. The van der Waals surface area contributed by atoms with E-state index in [1.807, 2.05) is 0 Å². The fourth-order valence-corrected chi connectivity index (χ4v) is 2.31. The molecule has 1 heterocycles. The van der Waals surface area contributed by atoms with Gasteiger partial charge in [0.05, 0.1) is 16.9 Å². The second-order valence-electron chi connectivity index (χ2n) is 4.69. The van der Waals surface area contributed by atoms with Gasteiger partial charge >= 0.3 is 5.97 Å². The number of rotatable bonds is 3. The number of nitrogens with two attached hydrogens (primary N) is 1. The minimum atomic E-state index is -0.943. The molecule has 0 spiro atoms. The van der Waals surface area contributed by atoms with Crippen molar-refractivity contribution < 1.29 is 15.0 Å². The average molecular weight is 250 g/mol. The number of aliphatic hydroxyl groups is 1. The lowest BCUT2D eigenvalue weighted by atomic mass is 9.97. The third-order valence-corrected chi connectivity index (χ3v) is 3.49. The van der Waals surface area contributed by atoms with Gasteiger partial charge in [0.25, 0.3) is 0 Å². The van der Waals surface area contributed by atoms with Crippen molar-refractivity contribution in [3.8, 4) is 0 Å². The Labute approximate surface area is 106 Å². The lowest BCUT2D eigenvalue weighted by molar-refractivity contribution is 0.0697. The molecule has 1 fully saturated rings. The Morgan fingerprint density at radius 3 is 2.61 bits per heavy atom. The SMILES string of the molecule is Nc1ccc(C(=O)O)cc1N1CCC(CO)CC1. The number of aromatic carboxylic acids is 1. The zero-order valence-corrected chi connectivity index (χ0v) is 10.2. The third-order valence-electron chi connectivity index (χ3n) is 3.49. The van der Waals surface area contributed by atoms with Crippen molar-refractivity contribution in [1.29, 1.82) is 0 Å². The van der Waals surface area contributed by atoms with Crippen molar-refractivity contribution in [2.24, 2.45) is 5.92 Å². The van der Waals surface area contributed by atoms with Crippen LogP contribution in [0.2, 0.25) is 0 Å². The summed E-state index contributed by atoms with van der Waals surface area (Å²) in [4.78, 5) is 13.0. The summed E-state index contributed by atoms with van der Waals surface area (Å²) in [6.07, 6.45) is 1.82. The molecule has 5 nitrogen and oxygen atoms in total. The normalized spacial score (nSPS) is 16.8. The van der Waals surface area contributed by atoms with E-state index in [2.05, 4.69) is 4.90 Å². The number of benzene rings is 1. The Morgan fingerprint density at radius 2 is 2.06 bits per heavy atom. The van der Waals surface area contributed by atoms with E-state index in [0.717, 1.165) is 31.6 Å². The van der Waals surface area contributed by atoms with Crippen LogP contribution >= 0.6 is 0 Å². The summed E-state index contributed by atoms with van der Waals surface area (Å²) >= 11 is 0. The molecule has 0 amide bonds. The van der Waals surface area contributed by atoms with Gasteiger partial charge in [0, 0.05) is 19.7 Å². The highest BCUT2D eigenvalue weighted by molar-refractivity contribution is 5.90. The topological polar surface area (TPSA) is 86.8 Å². The predicted molar refractivity (Wildman–Crippen MR) is 69.8 cm³/mol. The number of nitrogens with zero attached hydrogens (tertiary/aromatic N) is 1. The molecule has 0 radical (unpaired) electrons. The van der Waals surface area contributed by atoms with E-state index in [1.165, 1.54) is 6.07 Å². The molecule has 0 aliphatic carbocycles. The predicted octanol–water partition coefficient (Wildman–Crippen LogP) is 1.18. The highest BCUT2D eigenvalue weighted by Gasteiger charge is 2.20. The molecule has 18 heavy (non-hydrogen) atoms. The summed E-state index contributed by atoms with van der Waals surface area (Å²) in [6, 6.07) is 4.77. The van der Waals surface area contributed by atoms with E-state index in [-0.39, 0.29) is 12.2 Å². The van der Waals surface area contributed by atoms with Gasteiger partial charge in [0.15, 0.2) is 0 Å². The number of carbonyl (C=O) groups is 1. The van der Waals surface area contributed by atoms with Crippen LogP contribution in [0.3, 0.4) is 0 Å². The Kier molecular flexibility index (Phi) is 3.72. The van der Waals surface area contributed by atoms with Crippen molar-refractivity contribution >= 4 is 17.3 Å². The minimum absolute atomic E-state index is 0.221. The zero-order chi connectivity index (χ0) is 13.1. The Morgan fingerprint density at radius 1 is 1.39 bits per heavy atom. The lowest BCUT2D eigenvalue weighted by Gasteiger charge is -2.33. The van der Waals surface area contributed by atoms with Crippen LogP contribution < -0.4 is 10.6 Å². The highest BCUT2D eigenvalue weighted by atomic mass is 16.4. The van der Waals surface area contributed by atoms with Gasteiger partial charge < -0.3 is 20.8 Å². The molecule has 1 aliphatic heterocycles. The standard InChI is InChI=1S/C13H18N2O3/c14-11-2-1-10(13(17)18)7-12(11)15-5-3-9(8-16)4-6-15/h1-2,7,9,16H,3-6,8,14H2,(H,17,18). The number of piperidine rings is 1. The number of nitrogen functional groups attached to an aromatic ring is 1. The van der Waals surface area contributed by atoms with E-state index in [0.29, 0.717) is 11.6 Å². The molecule has 2 rings (SSSR count). The Bertz CT molecular complexity index is 440. The van der Waals surface area contributed by atoms with Crippen molar-refractivity contribution in [2.45, 2.75) is 12.8 Å². The molecule has 0 atom stereocenters. The minimum Gasteiger partial charge on any atom is -0.478 e. The van der Waals surface area contributed by atoms with Crippen LogP contribution in [0.25, 0.3) is 0 Å². The fraction of sp³-hybridized carbons (Fsp3) is 0.462. The molecular formula is C13H18N2O3. The smallest absolute Gasteiger partial charge is 0.335 e. The average Bonchev–Trinajstić information content (AvgIpc) is 2.39. The first kappa shape index (κ1) is 12.7. The van der Waals surface area contributed by atoms with Gasteiger partial charge in [0.1, 0.15) is 0 Å². The van der Waals surface area contributed by atoms with Crippen LogP contribution in [0.15, 0.2) is 18.2 Å². The molecule has 1 aromatic carbocycles. The van der Waals surface area contributed by atoms with E-state index >= 15 is 0 Å².